The number of hydrogen-bond acceptors (Lipinski definition) is 6. The minimum absolute atomic E-state index is 0.0585. The van der Waals surface area contributed by atoms with Crippen molar-refractivity contribution in [3.8, 4) is 0 Å². The minimum atomic E-state index is -3.06. The van der Waals surface area contributed by atoms with Gasteiger partial charge in [0.05, 0.1) is 24.8 Å². The molecule has 0 saturated carbocycles. The zero-order chi connectivity index (χ0) is 37.6. The number of hydrogen-bond donors (Lipinski definition) is 3. The zero-order valence-corrected chi connectivity index (χ0v) is 32.3. The van der Waals surface area contributed by atoms with Crippen LogP contribution in [0.2, 0.25) is 18.6 Å². The van der Waals surface area contributed by atoms with Crippen LogP contribution in [0.4, 0.5) is 11.4 Å². The van der Waals surface area contributed by atoms with Crippen LogP contribution in [0.5, 0.6) is 0 Å². The molecule has 2 aliphatic heterocycles. The van der Waals surface area contributed by atoms with Crippen molar-refractivity contribution >= 4 is 37.4 Å². The van der Waals surface area contributed by atoms with Gasteiger partial charge < -0.3 is 29.8 Å². The molecule has 3 aromatic rings. The summed E-state index contributed by atoms with van der Waals surface area (Å²) in [6, 6.07) is 24.0. The van der Waals surface area contributed by atoms with Gasteiger partial charge in [0.2, 0.25) is 5.91 Å². The molecule has 0 aromatic heterocycles. The van der Waals surface area contributed by atoms with Crippen molar-refractivity contribution in [1.82, 2.24) is 4.90 Å². The van der Waals surface area contributed by atoms with E-state index in [9.17, 15) is 24.3 Å². The first kappa shape index (κ1) is 38.9. The molecule has 2 heterocycles. The van der Waals surface area contributed by atoms with Crippen molar-refractivity contribution in [1.29, 1.82) is 0 Å². The number of carbonyl (C=O) groups is 3. The molecule has 0 unspecified atom stereocenters. The monoisotopic (exact) mass is 723 g/mol. The average molecular weight is 724 g/mol. The molecule has 52 heavy (non-hydrogen) atoms. The number of ether oxygens (including phenoxy) is 1. The SMILES string of the molecule is CC(C)=CCC/C(C)=C/CN1C(=O)[C@@]2(O[C@@H](CC(=O)N(CCO)Cc3ccccc3)[C@H]([Si](C)(C)O)[C@H]2C)c2cc(NC(=O)c3ccccc3)ccc21. The maximum Gasteiger partial charge on any atom is 0.264 e. The number of benzene rings is 3. The number of anilines is 2. The fraction of sp³-hybridized carbons (Fsp3) is 0.405. The zero-order valence-electron chi connectivity index (χ0n) is 31.3. The van der Waals surface area contributed by atoms with E-state index in [1.54, 1.807) is 40.1 Å². The number of aliphatic hydroxyl groups is 1. The molecule has 1 spiro atoms. The Labute approximate surface area is 309 Å². The lowest BCUT2D eigenvalue weighted by Crippen LogP contribution is -2.46. The van der Waals surface area contributed by atoms with Crippen LogP contribution < -0.4 is 10.2 Å². The lowest BCUT2D eigenvalue weighted by Gasteiger charge is -2.32. The van der Waals surface area contributed by atoms with E-state index in [1.165, 1.54) is 5.57 Å². The third-order valence-corrected chi connectivity index (χ3v) is 12.8. The Morgan fingerprint density at radius 2 is 1.67 bits per heavy atom. The Morgan fingerprint density at radius 1 is 1.00 bits per heavy atom. The summed E-state index contributed by atoms with van der Waals surface area (Å²) in [4.78, 5) is 57.3. The first-order valence-electron chi connectivity index (χ1n) is 18.2. The van der Waals surface area contributed by atoms with Crippen molar-refractivity contribution in [3.05, 3.63) is 119 Å². The Morgan fingerprint density at radius 3 is 2.31 bits per heavy atom. The highest BCUT2D eigenvalue weighted by molar-refractivity contribution is 6.71. The molecule has 3 N–H and O–H groups in total. The van der Waals surface area contributed by atoms with Crippen LogP contribution in [0, 0.1) is 5.92 Å². The van der Waals surface area contributed by atoms with Gasteiger partial charge in [-0.25, -0.2) is 0 Å². The molecule has 276 valence electrons. The van der Waals surface area contributed by atoms with Crippen molar-refractivity contribution < 1.29 is 29.0 Å². The predicted molar refractivity (Wildman–Crippen MR) is 208 cm³/mol. The van der Waals surface area contributed by atoms with Gasteiger partial charge in [-0.1, -0.05) is 78.8 Å². The second-order valence-electron chi connectivity index (χ2n) is 14.9. The predicted octanol–water partition coefficient (Wildman–Crippen LogP) is 7.19. The van der Waals surface area contributed by atoms with E-state index >= 15 is 0 Å². The summed E-state index contributed by atoms with van der Waals surface area (Å²) >= 11 is 0. The molecule has 2 aliphatic rings. The summed E-state index contributed by atoms with van der Waals surface area (Å²) in [5.41, 5.74) is 3.70. The molecule has 5 rings (SSSR count). The second kappa shape index (κ2) is 16.5. The normalized spacial score (nSPS) is 21.3. The quantitative estimate of drug-likeness (QED) is 0.120. The Kier molecular flexibility index (Phi) is 12.4. The molecule has 0 bridgehead atoms. The van der Waals surface area contributed by atoms with E-state index in [2.05, 4.69) is 38.2 Å². The van der Waals surface area contributed by atoms with Gasteiger partial charge in [-0.2, -0.15) is 0 Å². The first-order chi connectivity index (χ1) is 24.8. The molecule has 3 aromatic carbocycles. The fourth-order valence-corrected chi connectivity index (χ4v) is 10.3. The van der Waals surface area contributed by atoms with Crippen LogP contribution in [0.3, 0.4) is 0 Å². The molecule has 10 heteroatoms. The summed E-state index contributed by atoms with van der Waals surface area (Å²) in [7, 11) is -3.06. The van der Waals surface area contributed by atoms with Gasteiger partial charge in [0, 0.05) is 47.9 Å². The lowest BCUT2D eigenvalue weighted by molar-refractivity contribution is -0.149. The Balaban J connectivity index is 1.52. The van der Waals surface area contributed by atoms with Gasteiger partial charge in [-0.3, -0.25) is 14.4 Å². The van der Waals surface area contributed by atoms with E-state index in [0.29, 0.717) is 35.6 Å². The number of allylic oxidation sites excluding steroid dienone is 3. The molecule has 9 nitrogen and oxygen atoms in total. The van der Waals surface area contributed by atoms with E-state index in [-0.39, 0.29) is 37.3 Å². The van der Waals surface area contributed by atoms with Gasteiger partial charge in [-0.15, -0.1) is 0 Å². The first-order valence-corrected chi connectivity index (χ1v) is 21.2. The molecule has 4 atom stereocenters. The Bertz CT molecular complexity index is 1800. The van der Waals surface area contributed by atoms with Gasteiger partial charge in [-0.05, 0) is 82.6 Å². The van der Waals surface area contributed by atoms with Crippen LogP contribution in [0.25, 0.3) is 0 Å². The largest absolute Gasteiger partial charge is 0.432 e. The summed E-state index contributed by atoms with van der Waals surface area (Å²) in [5.74, 6) is -1.24. The summed E-state index contributed by atoms with van der Waals surface area (Å²) in [6.07, 6.45) is 5.24. The van der Waals surface area contributed by atoms with Gasteiger partial charge in [0.25, 0.3) is 11.8 Å². The fourth-order valence-electron chi connectivity index (χ4n) is 7.78. The van der Waals surface area contributed by atoms with Crippen LogP contribution in [0.1, 0.15) is 68.4 Å². The Hall–Kier alpha value is -4.35. The maximum atomic E-state index is 14.9. The second-order valence-corrected chi connectivity index (χ2v) is 18.9. The number of aliphatic hydroxyl groups excluding tert-OH is 1. The minimum Gasteiger partial charge on any atom is -0.432 e. The van der Waals surface area contributed by atoms with Crippen molar-refractivity contribution in [2.45, 2.75) is 83.8 Å². The van der Waals surface area contributed by atoms with Crippen LogP contribution in [-0.4, -0.2) is 66.6 Å². The highest BCUT2D eigenvalue weighted by atomic mass is 28.4. The molecule has 3 amide bonds. The third kappa shape index (κ3) is 8.47. The van der Waals surface area contributed by atoms with Gasteiger partial charge in [0.1, 0.15) is 0 Å². The van der Waals surface area contributed by atoms with E-state index in [0.717, 1.165) is 24.0 Å². The lowest BCUT2D eigenvalue weighted by atomic mass is 9.82. The molecule has 0 radical (unpaired) electrons. The summed E-state index contributed by atoms with van der Waals surface area (Å²) in [5, 5.41) is 12.9. The summed E-state index contributed by atoms with van der Waals surface area (Å²) in [6.45, 7) is 12.4. The van der Waals surface area contributed by atoms with E-state index in [4.69, 9.17) is 4.74 Å². The number of amides is 3. The van der Waals surface area contributed by atoms with E-state index in [1.807, 2.05) is 68.5 Å². The molecule has 1 fully saturated rings. The van der Waals surface area contributed by atoms with Gasteiger partial charge in [0.15, 0.2) is 13.9 Å². The maximum absolute atomic E-state index is 14.9. The molecular formula is C42H53N3O6Si. The number of carbonyl (C=O) groups excluding carboxylic acids is 3. The molecule has 0 aliphatic carbocycles. The van der Waals surface area contributed by atoms with Crippen molar-refractivity contribution in [2.24, 2.45) is 5.92 Å². The van der Waals surface area contributed by atoms with Crippen LogP contribution >= 0.6 is 0 Å². The smallest absolute Gasteiger partial charge is 0.264 e. The highest BCUT2D eigenvalue weighted by Crippen LogP contribution is 2.60. The summed E-state index contributed by atoms with van der Waals surface area (Å²) < 4.78 is 6.95. The highest BCUT2D eigenvalue weighted by Gasteiger charge is 2.66. The third-order valence-electron chi connectivity index (χ3n) is 10.3. The van der Waals surface area contributed by atoms with Crippen LogP contribution in [-0.2, 0) is 26.5 Å². The number of rotatable bonds is 14. The number of nitrogens with one attached hydrogen (secondary N) is 1. The number of fused-ring (bicyclic) bond motifs is 2. The topological polar surface area (TPSA) is 119 Å². The van der Waals surface area contributed by atoms with Crippen molar-refractivity contribution in [2.75, 3.05) is 29.9 Å². The number of nitrogens with zero attached hydrogens (tertiary/aromatic N) is 2. The molecule has 1 saturated heterocycles. The molecular weight excluding hydrogens is 671 g/mol. The van der Waals surface area contributed by atoms with Crippen LogP contribution in [0.15, 0.2) is 102 Å². The van der Waals surface area contributed by atoms with Crippen molar-refractivity contribution in [3.63, 3.8) is 0 Å². The average Bonchev–Trinajstić information content (AvgIpc) is 3.53. The van der Waals surface area contributed by atoms with E-state index < -0.39 is 31.5 Å². The standard InChI is InChI=1S/C42H53N3O6Si/c1-29(2)14-13-15-30(3)22-23-45-36-21-20-34(43-40(48)33-18-11-8-12-19-33)26-35(36)42(41(45)49)31(4)39(52(5,6)50)37(51-42)27-38(47)44(24-25-46)28-32-16-9-7-10-17-32/h7-12,14,16-22,26,31,37,39,46,50H,13,15,23-25,27-28H2,1-6H3,(H,43,48)/b30-22+/t31-,37+,39-,42+/m1/s1. The van der Waals surface area contributed by atoms with Gasteiger partial charge >= 0.3 is 0 Å².